The van der Waals surface area contributed by atoms with Gasteiger partial charge in [-0.3, -0.25) is 0 Å². The molecule has 1 aliphatic rings. The standard InChI is InChI=1S/C23H24FN3O4S2/c1-16-8-12-22(17-6-4-3-5-7-17)33(30,31)27(16)15-19-10-9-18(14-20(19)24)21-11-13-23(26-25-21)32(2,28)29/h3-7,9-11,13-14,16,22H,8,12,15H2,1-2H3. The summed E-state index contributed by atoms with van der Waals surface area (Å²) in [5, 5.41) is 6.75. The zero-order valence-electron chi connectivity index (χ0n) is 18.2. The van der Waals surface area contributed by atoms with Crippen LogP contribution in [0.4, 0.5) is 4.39 Å². The van der Waals surface area contributed by atoms with Gasteiger partial charge in [-0.2, -0.15) is 4.31 Å². The molecule has 1 aliphatic heterocycles. The second-order valence-corrected chi connectivity index (χ2v) is 12.3. The van der Waals surface area contributed by atoms with Crippen molar-refractivity contribution in [2.24, 2.45) is 0 Å². The number of hydrogen-bond acceptors (Lipinski definition) is 6. The molecular weight excluding hydrogens is 465 g/mol. The number of halogens is 1. The van der Waals surface area contributed by atoms with Crippen molar-refractivity contribution in [3.05, 3.63) is 77.6 Å². The first kappa shape index (κ1) is 23.5. The molecule has 0 spiro atoms. The van der Waals surface area contributed by atoms with E-state index in [4.69, 9.17) is 0 Å². The van der Waals surface area contributed by atoms with Gasteiger partial charge in [0.1, 0.15) is 11.1 Å². The van der Waals surface area contributed by atoms with E-state index in [0.29, 0.717) is 24.1 Å². The minimum absolute atomic E-state index is 0.0718. The molecule has 3 aromatic rings. The third-order valence-corrected chi connectivity index (χ3v) is 9.24. The van der Waals surface area contributed by atoms with E-state index < -0.39 is 30.9 Å². The second kappa shape index (κ2) is 8.92. The van der Waals surface area contributed by atoms with Crippen LogP contribution in [0.25, 0.3) is 11.3 Å². The van der Waals surface area contributed by atoms with Gasteiger partial charge in [-0.1, -0.05) is 42.5 Å². The molecule has 0 amide bonds. The van der Waals surface area contributed by atoms with Gasteiger partial charge in [-0.25, -0.2) is 21.2 Å². The van der Waals surface area contributed by atoms with Gasteiger partial charge in [-0.15, -0.1) is 10.2 Å². The summed E-state index contributed by atoms with van der Waals surface area (Å²) in [6.07, 6.45) is 2.23. The second-order valence-electron chi connectivity index (χ2n) is 8.25. The Labute approximate surface area is 193 Å². The largest absolute Gasteiger partial charge is 0.222 e. The fourth-order valence-electron chi connectivity index (χ4n) is 4.03. The van der Waals surface area contributed by atoms with Crippen molar-refractivity contribution in [2.75, 3.05) is 6.26 Å². The lowest BCUT2D eigenvalue weighted by Crippen LogP contribution is -2.44. The number of rotatable bonds is 5. The van der Waals surface area contributed by atoms with Crippen LogP contribution in [0, 0.1) is 5.82 Å². The van der Waals surface area contributed by atoms with Crippen molar-refractivity contribution in [3.8, 4) is 11.3 Å². The van der Waals surface area contributed by atoms with E-state index in [0.717, 1.165) is 11.8 Å². The molecule has 0 bridgehead atoms. The molecule has 2 heterocycles. The molecule has 1 aromatic heterocycles. The van der Waals surface area contributed by atoms with Crippen LogP contribution in [0.15, 0.2) is 65.7 Å². The number of hydrogen-bond donors (Lipinski definition) is 0. The molecule has 0 radical (unpaired) electrons. The topological polar surface area (TPSA) is 97.3 Å². The normalized spacial score (nSPS) is 21.1. The summed E-state index contributed by atoms with van der Waals surface area (Å²) in [5.74, 6) is -0.564. The Kier molecular flexibility index (Phi) is 6.35. The Morgan fingerprint density at radius 2 is 1.76 bits per heavy atom. The number of sulfonamides is 1. The lowest BCUT2D eigenvalue weighted by atomic mass is 10.0. The monoisotopic (exact) mass is 489 g/mol. The molecule has 33 heavy (non-hydrogen) atoms. The summed E-state index contributed by atoms with van der Waals surface area (Å²) in [5.41, 5.74) is 1.72. The zero-order chi connectivity index (χ0) is 23.8. The number of sulfone groups is 1. The van der Waals surface area contributed by atoms with E-state index in [1.807, 2.05) is 37.3 Å². The Balaban J connectivity index is 1.60. The minimum atomic E-state index is -3.68. The Morgan fingerprint density at radius 3 is 2.36 bits per heavy atom. The summed E-state index contributed by atoms with van der Waals surface area (Å²) >= 11 is 0. The van der Waals surface area contributed by atoms with Gasteiger partial charge in [0, 0.05) is 30.0 Å². The van der Waals surface area contributed by atoms with Gasteiger partial charge >= 0.3 is 0 Å². The average Bonchev–Trinajstić information content (AvgIpc) is 2.77. The van der Waals surface area contributed by atoms with Crippen LogP contribution in [0.1, 0.15) is 36.1 Å². The predicted molar refractivity (Wildman–Crippen MR) is 123 cm³/mol. The highest BCUT2D eigenvalue weighted by Crippen LogP contribution is 2.38. The SMILES string of the molecule is CC1CCC(c2ccccc2)S(=O)(=O)N1Cc1ccc(-c2ccc(S(C)(=O)=O)nn2)cc1F. The number of benzene rings is 2. The van der Waals surface area contributed by atoms with Crippen LogP contribution in [-0.4, -0.2) is 43.6 Å². The highest BCUT2D eigenvalue weighted by molar-refractivity contribution is 7.90. The van der Waals surface area contributed by atoms with Crippen molar-refractivity contribution in [2.45, 2.75) is 42.6 Å². The van der Waals surface area contributed by atoms with Gasteiger partial charge in [-0.05, 0) is 43.5 Å². The van der Waals surface area contributed by atoms with E-state index in [9.17, 15) is 21.2 Å². The summed E-state index contributed by atoms with van der Waals surface area (Å²) in [7, 11) is -7.16. The van der Waals surface area contributed by atoms with Crippen LogP contribution in [0.2, 0.25) is 0 Å². The molecule has 10 heteroatoms. The minimum Gasteiger partial charge on any atom is -0.222 e. The van der Waals surface area contributed by atoms with Crippen molar-refractivity contribution in [1.29, 1.82) is 0 Å². The summed E-state index contributed by atoms with van der Waals surface area (Å²) in [4.78, 5) is 0. The molecule has 0 aliphatic carbocycles. The first-order valence-electron chi connectivity index (χ1n) is 10.5. The van der Waals surface area contributed by atoms with E-state index >= 15 is 0 Å². The summed E-state index contributed by atoms with van der Waals surface area (Å²) in [6, 6.07) is 16.0. The Hall–Kier alpha value is -2.69. The highest BCUT2D eigenvalue weighted by atomic mass is 32.2. The molecule has 1 saturated heterocycles. The van der Waals surface area contributed by atoms with Crippen molar-refractivity contribution in [1.82, 2.24) is 14.5 Å². The lowest BCUT2D eigenvalue weighted by molar-refractivity contribution is 0.279. The summed E-state index contributed by atoms with van der Waals surface area (Å²) < 4.78 is 66.2. The number of aromatic nitrogens is 2. The van der Waals surface area contributed by atoms with Crippen molar-refractivity contribution < 1.29 is 21.2 Å². The molecule has 2 aromatic carbocycles. The van der Waals surface area contributed by atoms with E-state index in [1.165, 1.54) is 28.6 Å². The van der Waals surface area contributed by atoms with Crippen LogP contribution in [-0.2, 0) is 26.4 Å². The maximum absolute atomic E-state index is 15.0. The van der Waals surface area contributed by atoms with E-state index in [-0.39, 0.29) is 23.2 Å². The average molecular weight is 490 g/mol. The Bertz CT molecular complexity index is 1360. The fourth-order valence-corrected chi connectivity index (χ4v) is 6.72. The van der Waals surface area contributed by atoms with E-state index in [2.05, 4.69) is 10.2 Å². The van der Waals surface area contributed by atoms with Gasteiger partial charge in [0.25, 0.3) is 0 Å². The molecule has 1 fully saturated rings. The molecule has 4 rings (SSSR count). The van der Waals surface area contributed by atoms with Crippen molar-refractivity contribution >= 4 is 19.9 Å². The van der Waals surface area contributed by atoms with Gasteiger partial charge in [0.05, 0.1) is 5.69 Å². The predicted octanol–water partition coefficient (Wildman–Crippen LogP) is 3.74. The first-order chi connectivity index (χ1) is 15.6. The van der Waals surface area contributed by atoms with Gasteiger partial charge in [0.15, 0.2) is 14.9 Å². The van der Waals surface area contributed by atoms with Gasteiger partial charge in [0.2, 0.25) is 10.0 Å². The molecule has 0 saturated carbocycles. The van der Waals surface area contributed by atoms with Crippen molar-refractivity contribution in [3.63, 3.8) is 0 Å². The zero-order valence-corrected chi connectivity index (χ0v) is 19.9. The molecule has 2 atom stereocenters. The maximum atomic E-state index is 15.0. The molecule has 0 N–H and O–H groups in total. The lowest BCUT2D eigenvalue weighted by Gasteiger charge is -2.37. The van der Waals surface area contributed by atoms with Crippen LogP contribution in [0.5, 0.6) is 0 Å². The van der Waals surface area contributed by atoms with Gasteiger partial charge < -0.3 is 0 Å². The van der Waals surface area contributed by atoms with Crippen LogP contribution < -0.4 is 0 Å². The third-order valence-electron chi connectivity index (χ3n) is 5.89. The fraction of sp³-hybridized carbons (Fsp3) is 0.304. The van der Waals surface area contributed by atoms with E-state index in [1.54, 1.807) is 6.07 Å². The quantitative estimate of drug-likeness (QED) is 0.542. The molecule has 2 unspecified atom stereocenters. The maximum Gasteiger partial charge on any atom is 0.221 e. The van der Waals surface area contributed by atoms with Crippen LogP contribution >= 0.6 is 0 Å². The molecule has 174 valence electrons. The summed E-state index contributed by atoms with van der Waals surface area (Å²) in [6.45, 7) is 1.77. The molecular formula is C23H24FN3O4S2. The highest BCUT2D eigenvalue weighted by Gasteiger charge is 2.40. The first-order valence-corrected chi connectivity index (χ1v) is 13.8. The number of nitrogens with zero attached hydrogens (tertiary/aromatic N) is 3. The smallest absolute Gasteiger partial charge is 0.221 e. The third kappa shape index (κ3) is 4.83. The molecule has 7 nitrogen and oxygen atoms in total. The Morgan fingerprint density at radius 1 is 1.03 bits per heavy atom. The van der Waals surface area contributed by atoms with Crippen LogP contribution in [0.3, 0.4) is 0 Å².